The molecule has 36 heavy (non-hydrogen) atoms. The van der Waals surface area contributed by atoms with E-state index in [4.69, 9.17) is 4.74 Å². The van der Waals surface area contributed by atoms with E-state index in [2.05, 4.69) is 43.4 Å². The van der Waals surface area contributed by atoms with Gasteiger partial charge < -0.3 is 14.9 Å². The van der Waals surface area contributed by atoms with Gasteiger partial charge in [-0.1, -0.05) is 86.9 Å². The monoisotopic (exact) mass is 488 g/mol. The van der Waals surface area contributed by atoms with Crippen LogP contribution in [0.15, 0.2) is 78.9 Å². The van der Waals surface area contributed by atoms with Crippen LogP contribution in [0, 0.1) is 0 Å². The molecule has 0 aliphatic carbocycles. The minimum absolute atomic E-state index is 0.0133. The highest BCUT2D eigenvalue weighted by Gasteiger charge is 2.04. The van der Waals surface area contributed by atoms with E-state index in [1.165, 1.54) is 18.9 Å². The van der Waals surface area contributed by atoms with Gasteiger partial charge in [-0.15, -0.1) is 0 Å². The Kier molecular flexibility index (Phi) is 14.2. The van der Waals surface area contributed by atoms with E-state index in [0.717, 1.165) is 50.5 Å². The standard InChI is InChI=1S/C32H40O4/c1-2-3-4-5-6-7-8-9-10-11-12-13-14-15-16-17-32(35)36-31-22-20-27(21-23-31)18-19-28-24-29(33)26-30(34)25-28/h3-4,6-7,9-10,18-26,33-34H,2,5,8,11-17H2,1H3/b4-3+,7-6+,10-9+,19-18+. The zero-order valence-electron chi connectivity index (χ0n) is 21.4. The predicted molar refractivity (Wildman–Crippen MR) is 150 cm³/mol. The molecule has 0 atom stereocenters. The molecule has 0 amide bonds. The second kappa shape index (κ2) is 17.8. The smallest absolute Gasteiger partial charge is 0.311 e. The van der Waals surface area contributed by atoms with Crippen molar-refractivity contribution >= 4 is 18.1 Å². The number of phenols is 2. The van der Waals surface area contributed by atoms with Crippen molar-refractivity contribution in [3.05, 3.63) is 90.0 Å². The third-order valence-electron chi connectivity index (χ3n) is 5.54. The molecule has 192 valence electrons. The van der Waals surface area contributed by atoms with E-state index < -0.39 is 0 Å². The maximum Gasteiger partial charge on any atom is 0.311 e. The van der Waals surface area contributed by atoms with Crippen molar-refractivity contribution in [1.82, 2.24) is 0 Å². The molecule has 0 aliphatic heterocycles. The van der Waals surface area contributed by atoms with Gasteiger partial charge in [0.2, 0.25) is 0 Å². The van der Waals surface area contributed by atoms with E-state index in [1.54, 1.807) is 30.3 Å². The largest absolute Gasteiger partial charge is 0.508 e. The third kappa shape index (κ3) is 13.4. The molecule has 2 N–H and O–H groups in total. The minimum atomic E-state index is -0.199. The molecular weight excluding hydrogens is 448 g/mol. The fraction of sp³-hybridized carbons (Fsp3) is 0.344. The van der Waals surface area contributed by atoms with Gasteiger partial charge in [-0.3, -0.25) is 4.79 Å². The molecule has 4 heteroatoms. The van der Waals surface area contributed by atoms with Crippen LogP contribution in [0.1, 0.15) is 82.3 Å². The van der Waals surface area contributed by atoms with Gasteiger partial charge in [0.15, 0.2) is 0 Å². The lowest BCUT2D eigenvalue weighted by atomic mass is 10.1. The summed E-state index contributed by atoms with van der Waals surface area (Å²) in [5.41, 5.74) is 1.61. The van der Waals surface area contributed by atoms with Gasteiger partial charge in [0.05, 0.1) is 0 Å². The first kappa shape index (κ1) is 28.7. The number of hydrogen-bond donors (Lipinski definition) is 2. The first-order valence-corrected chi connectivity index (χ1v) is 13.0. The first-order valence-electron chi connectivity index (χ1n) is 13.0. The number of ether oxygens (including phenoxy) is 1. The maximum atomic E-state index is 12.1. The summed E-state index contributed by atoms with van der Waals surface area (Å²) < 4.78 is 5.44. The number of benzene rings is 2. The summed E-state index contributed by atoms with van der Waals surface area (Å²) in [5.74, 6) is 0.361. The van der Waals surface area contributed by atoms with Gasteiger partial charge in [0.25, 0.3) is 0 Å². The van der Waals surface area contributed by atoms with Gasteiger partial charge in [0.1, 0.15) is 17.2 Å². The molecule has 2 rings (SSSR count). The number of allylic oxidation sites excluding steroid dienone is 6. The Morgan fingerprint density at radius 3 is 2.00 bits per heavy atom. The SMILES string of the molecule is CC/C=C/C/C=C/C/C=C/CCCCCCCC(=O)Oc1ccc(/C=C/c2cc(O)cc(O)c2)cc1. The number of rotatable bonds is 16. The molecule has 2 aromatic rings. The quantitative estimate of drug-likeness (QED) is 0.0815. The molecule has 0 unspecified atom stereocenters. The van der Waals surface area contributed by atoms with Crippen molar-refractivity contribution in [2.75, 3.05) is 0 Å². The molecule has 0 aromatic heterocycles. The van der Waals surface area contributed by atoms with E-state index in [-0.39, 0.29) is 17.5 Å². The van der Waals surface area contributed by atoms with Crippen LogP contribution < -0.4 is 4.74 Å². The molecule has 0 spiro atoms. The summed E-state index contributed by atoms with van der Waals surface area (Å²) in [5, 5.41) is 19.1. The Morgan fingerprint density at radius 1 is 0.722 bits per heavy atom. The summed E-state index contributed by atoms with van der Waals surface area (Å²) in [4.78, 5) is 12.1. The van der Waals surface area contributed by atoms with Crippen LogP contribution in [0.5, 0.6) is 17.2 Å². The lowest BCUT2D eigenvalue weighted by Crippen LogP contribution is -2.07. The molecule has 0 fully saturated rings. The topological polar surface area (TPSA) is 66.8 Å². The molecule has 0 saturated heterocycles. The summed E-state index contributed by atoms with van der Waals surface area (Å²) in [7, 11) is 0. The van der Waals surface area contributed by atoms with Crippen LogP contribution in [0.2, 0.25) is 0 Å². The highest BCUT2D eigenvalue weighted by Crippen LogP contribution is 2.22. The molecule has 0 bridgehead atoms. The Balaban J connectivity index is 1.53. The van der Waals surface area contributed by atoms with Gasteiger partial charge in [-0.2, -0.15) is 0 Å². The zero-order chi connectivity index (χ0) is 25.8. The van der Waals surface area contributed by atoms with Crippen molar-refractivity contribution in [2.24, 2.45) is 0 Å². The molecule has 0 radical (unpaired) electrons. The van der Waals surface area contributed by atoms with Crippen molar-refractivity contribution in [2.45, 2.75) is 71.1 Å². The molecular formula is C32H40O4. The number of aromatic hydroxyl groups is 2. The van der Waals surface area contributed by atoms with Gasteiger partial charge in [-0.25, -0.2) is 0 Å². The van der Waals surface area contributed by atoms with E-state index in [1.807, 2.05) is 18.2 Å². The highest BCUT2D eigenvalue weighted by atomic mass is 16.5. The van der Waals surface area contributed by atoms with E-state index >= 15 is 0 Å². The summed E-state index contributed by atoms with van der Waals surface area (Å²) in [6, 6.07) is 11.7. The second-order valence-electron chi connectivity index (χ2n) is 8.76. The minimum Gasteiger partial charge on any atom is -0.508 e. The lowest BCUT2D eigenvalue weighted by Gasteiger charge is -2.05. The number of hydrogen-bond acceptors (Lipinski definition) is 4. The second-order valence-corrected chi connectivity index (χ2v) is 8.76. The number of carbonyl (C=O) groups excluding carboxylic acids is 1. The Bertz CT molecular complexity index is 993. The number of carbonyl (C=O) groups is 1. The first-order chi connectivity index (χ1) is 17.6. The molecule has 0 aliphatic rings. The number of unbranched alkanes of at least 4 members (excludes halogenated alkanes) is 5. The molecule has 0 saturated carbocycles. The fourth-order valence-corrected chi connectivity index (χ4v) is 3.62. The number of esters is 1. The van der Waals surface area contributed by atoms with Crippen LogP contribution in [0.4, 0.5) is 0 Å². The summed E-state index contributed by atoms with van der Waals surface area (Å²) >= 11 is 0. The van der Waals surface area contributed by atoms with E-state index in [0.29, 0.717) is 17.7 Å². The van der Waals surface area contributed by atoms with Crippen LogP contribution in [-0.2, 0) is 4.79 Å². The highest BCUT2D eigenvalue weighted by molar-refractivity contribution is 5.73. The molecule has 4 nitrogen and oxygen atoms in total. The Hall–Kier alpha value is -3.53. The van der Waals surface area contributed by atoms with Crippen LogP contribution in [0.25, 0.3) is 12.2 Å². The van der Waals surface area contributed by atoms with Crippen molar-refractivity contribution < 1.29 is 19.7 Å². The molecule has 0 heterocycles. The average Bonchev–Trinajstić information content (AvgIpc) is 2.85. The Labute approximate surface area is 216 Å². The lowest BCUT2D eigenvalue weighted by molar-refractivity contribution is -0.134. The third-order valence-corrected chi connectivity index (χ3v) is 5.54. The fourth-order valence-electron chi connectivity index (χ4n) is 3.62. The maximum absolute atomic E-state index is 12.1. The van der Waals surface area contributed by atoms with Crippen LogP contribution in [-0.4, -0.2) is 16.2 Å². The predicted octanol–water partition coefficient (Wildman–Crippen LogP) is 8.76. The van der Waals surface area contributed by atoms with Crippen LogP contribution >= 0.6 is 0 Å². The van der Waals surface area contributed by atoms with Crippen molar-refractivity contribution in [3.8, 4) is 17.2 Å². The van der Waals surface area contributed by atoms with E-state index in [9.17, 15) is 15.0 Å². The Morgan fingerprint density at radius 2 is 1.31 bits per heavy atom. The number of phenolic OH excluding ortho intramolecular Hbond substituents is 2. The van der Waals surface area contributed by atoms with Gasteiger partial charge >= 0.3 is 5.97 Å². The van der Waals surface area contributed by atoms with Crippen molar-refractivity contribution in [3.63, 3.8) is 0 Å². The average molecular weight is 489 g/mol. The zero-order valence-corrected chi connectivity index (χ0v) is 21.4. The molecule has 2 aromatic carbocycles. The van der Waals surface area contributed by atoms with Crippen molar-refractivity contribution in [1.29, 1.82) is 0 Å². The summed E-state index contributed by atoms with van der Waals surface area (Å²) in [6.07, 6.45) is 27.1. The normalized spacial score (nSPS) is 11.9. The summed E-state index contributed by atoms with van der Waals surface area (Å²) in [6.45, 7) is 2.15. The van der Waals surface area contributed by atoms with Gasteiger partial charge in [0, 0.05) is 12.5 Å². The van der Waals surface area contributed by atoms with Gasteiger partial charge in [-0.05, 0) is 73.9 Å². The van der Waals surface area contributed by atoms with Crippen LogP contribution in [0.3, 0.4) is 0 Å².